The first kappa shape index (κ1) is 12.9. The molecule has 0 radical (unpaired) electrons. The van der Waals surface area contributed by atoms with Gasteiger partial charge >= 0.3 is 5.63 Å². The summed E-state index contributed by atoms with van der Waals surface area (Å²) in [4.78, 5) is 23.2. The lowest BCUT2D eigenvalue weighted by Crippen LogP contribution is -2.13. The van der Waals surface area contributed by atoms with Gasteiger partial charge in [-0.3, -0.25) is 4.79 Å². The lowest BCUT2D eigenvalue weighted by Gasteiger charge is -2.07. The van der Waals surface area contributed by atoms with Crippen molar-refractivity contribution in [3.63, 3.8) is 0 Å². The molecule has 0 saturated heterocycles. The molecule has 5 heteroatoms. The van der Waals surface area contributed by atoms with Gasteiger partial charge in [0, 0.05) is 36.2 Å². The molecule has 1 amide bonds. The number of benzene rings is 1. The third kappa shape index (κ3) is 2.58. The van der Waals surface area contributed by atoms with Crippen molar-refractivity contribution in [3.05, 3.63) is 40.2 Å². The maximum absolute atomic E-state index is 11.7. The van der Waals surface area contributed by atoms with Gasteiger partial charge in [-0.05, 0) is 30.5 Å². The van der Waals surface area contributed by atoms with Crippen LogP contribution in [0, 0.1) is 5.92 Å². The topological polar surface area (TPSA) is 68.5 Å². The molecule has 0 spiro atoms. The monoisotopic (exact) mass is 273 g/mol. The highest BCUT2D eigenvalue weighted by atomic mass is 16.5. The number of rotatable bonds is 4. The van der Waals surface area contributed by atoms with Crippen LogP contribution in [0.3, 0.4) is 0 Å². The van der Waals surface area contributed by atoms with E-state index in [0.29, 0.717) is 17.9 Å². The van der Waals surface area contributed by atoms with Crippen molar-refractivity contribution in [1.29, 1.82) is 0 Å². The van der Waals surface area contributed by atoms with Crippen molar-refractivity contribution in [3.8, 4) is 0 Å². The van der Waals surface area contributed by atoms with E-state index >= 15 is 0 Å². The van der Waals surface area contributed by atoms with Crippen molar-refractivity contribution in [2.45, 2.75) is 19.4 Å². The SMILES string of the molecule is COCc1cc(=O)oc2cc(NC(=O)C3CC3)ccc12. The third-order valence-electron chi connectivity index (χ3n) is 3.35. The van der Waals surface area contributed by atoms with E-state index in [9.17, 15) is 9.59 Å². The molecule has 20 heavy (non-hydrogen) atoms. The van der Waals surface area contributed by atoms with Gasteiger partial charge in [-0.15, -0.1) is 0 Å². The Labute approximate surface area is 115 Å². The van der Waals surface area contributed by atoms with Crippen LogP contribution in [0.1, 0.15) is 18.4 Å². The number of nitrogens with one attached hydrogen (secondary N) is 1. The Hall–Kier alpha value is -2.14. The van der Waals surface area contributed by atoms with Crippen LogP contribution < -0.4 is 10.9 Å². The summed E-state index contributed by atoms with van der Waals surface area (Å²) >= 11 is 0. The summed E-state index contributed by atoms with van der Waals surface area (Å²) in [6.45, 7) is 0.343. The molecule has 1 aromatic heterocycles. The Morgan fingerprint density at radius 3 is 2.90 bits per heavy atom. The quantitative estimate of drug-likeness (QED) is 0.868. The normalized spacial score (nSPS) is 14.4. The minimum absolute atomic E-state index is 0.0275. The van der Waals surface area contributed by atoms with Crippen LogP contribution in [0.2, 0.25) is 0 Å². The Morgan fingerprint density at radius 1 is 1.40 bits per heavy atom. The second kappa shape index (κ2) is 5.09. The van der Waals surface area contributed by atoms with Gasteiger partial charge in [0.1, 0.15) is 5.58 Å². The number of hydrogen-bond donors (Lipinski definition) is 1. The summed E-state index contributed by atoms with van der Waals surface area (Å²) in [6.07, 6.45) is 1.90. The molecule has 1 N–H and O–H groups in total. The number of amides is 1. The molecule has 0 atom stereocenters. The zero-order valence-corrected chi connectivity index (χ0v) is 11.1. The van der Waals surface area contributed by atoms with Crippen LogP contribution in [-0.2, 0) is 16.1 Å². The Balaban J connectivity index is 1.97. The minimum Gasteiger partial charge on any atom is -0.423 e. The summed E-state index contributed by atoms with van der Waals surface area (Å²) in [7, 11) is 1.57. The van der Waals surface area contributed by atoms with Gasteiger partial charge in [-0.1, -0.05) is 0 Å². The van der Waals surface area contributed by atoms with E-state index in [1.807, 2.05) is 12.1 Å². The average molecular weight is 273 g/mol. The molecule has 1 fully saturated rings. The standard InChI is InChI=1S/C15H15NO4/c1-19-8-10-6-14(17)20-13-7-11(4-5-12(10)13)16-15(18)9-2-3-9/h4-7,9H,2-3,8H2,1H3,(H,16,18). The highest BCUT2D eigenvalue weighted by Crippen LogP contribution is 2.30. The molecule has 0 aliphatic heterocycles. The molecular formula is C15H15NO4. The number of carbonyl (C=O) groups excluding carboxylic acids is 1. The first-order valence-electron chi connectivity index (χ1n) is 6.54. The lowest BCUT2D eigenvalue weighted by molar-refractivity contribution is -0.117. The largest absolute Gasteiger partial charge is 0.423 e. The highest BCUT2D eigenvalue weighted by molar-refractivity contribution is 5.96. The fourth-order valence-corrected chi connectivity index (χ4v) is 2.17. The molecule has 0 unspecified atom stereocenters. The van der Waals surface area contributed by atoms with Crippen molar-refractivity contribution >= 4 is 22.6 Å². The van der Waals surface area contributed by atoms with Crippen molar-refractivity contribution < 1.29 is 13.9 Å². The van der Waals surface area contributed by atoms with Gasteiger partial charge in [-0.2, -0.15) is 0 Å². The van der Waals surface area contributed by atoms with Gasteiger partial charge < -0.3 is 14.5 Å². The van der Waals surface area contributed by atoms with Gasteiger partial charge in [0.2, 0.25) is 5.91 Å². The summed E-state index contributed by atoms with van der Waals surface area (Å²) < 4.78 is 10.3. The molecule has 1 heterocycles. The fraction of sp³-hybridized carbons (Fsp3) is 0.333. The van der Waals surface area contributed by atoms with E-state index in [0.717, 1.165) is 23.8 Å². The number of carbonyl (C=O) groups is 1. The molecule has 104 valence electrons. The van der Waals surface area contributed by atoms with Crippen LogP contribution in [0.25, 0.3) is 11.0 Å². The van der Waals surface area contributed by atoms with Crippen molar-refractivity contribution in [2.24, 2.45) is 5.92 Å². The minimum atomic E-state index is -0.421. The van der Waals surface area contributed by atoms with Gasteiger partial charge in [-0.25, -0.2) is 4.79 Å². The molecule has 5 nitrogen and oxygen atoms in total. The average Bonchev–Trinajstić information content (AvgIpc) is 3.22. The van der Waals surface area contributed by atoms with E-state index in [1.54, 1.807) is 13.2 Å². The van der Waals surface area contributed by atoms with E-state index in [-0.39, 0.29) is 11.8 Å². The van der Waals surface area contributed by atoms with Crippen LogP contribution >= 0.6 is 0 Å². The third-order valence-corrected chi connectivity index (χ3v) is 3.35. The van der Waals surface area contributed by atoms with Crippen LogP contribution in [0.5, 0.6) is 0 Å². The van der Waals surface area contributed by atoms with Crippen molar-refractivity contribution in [2.75, 3.05) is 12.4 Å². The van der Waals surface area contributed by atoms with Crippen LogP contribution in [0.15, 0.2) is 33.5 Å². The number of ether oxygens (including phenoxy) is 1. The smallest absolute Gasteiger partial charge is 0.336 e. The summed E-state index contributed by atoms with van der Waals surface area (Å²) in [5, 5.41) is 3.65. The molecule has 3 rings (SSSR count). The maximum atomic E-state index is 11.7. The molecule has 0 bridgehead atoms. The zero-order valence-electron chi connectivity index (χ0n) is 11.1. The second-order valence-corrected chi connectivity index (χ2v) is 5.00. The summed E-state index contributed by atoms with van der Waals surface area (Å²) in [6, 6.07) is 6.74. The number of anilines is 1. The molecule has 1 saturated carbocycles. The van der Waals surface area contributed by atoms with Gasteiger partial charge in [0.15, 0.2) is 0 Å². The predicted octanol–water partition coefficient (Wildman–Crippen LogP) is 2.29. The highest BCUT2D eigenvalue weighted by Gasteiger charge is 2.29. The van der Waals surface area contributed by atoms with E-state index in [4.69, 9.17) is 9.15 Å². The van der Waals surface area contributed by atoms with E-state index in [1.165, 1.54) is 6.07 Å². The van der Waals surface area contributed by atoms with Crippen LogP contribution in [-0.4, -0.2) is 13.0 Å². The summed E-state index contributed by atoms with van der Waals surface area (Å²) in [5.41, 5.74) is 1.46. The number of methoxy groups -OCH3 is 1. The Kier molecular flexibility index (Phi) is 3.28. The summed E-state index contributed by atoms with van der Waals surface area (Å²) in [5.74, 6) is 0.164. The maximum Gasteiger partial charge on any atom is 0.336 e. The predicted molar refractivity (Wildman–Crippen MR) is 74.6 cm³/mol. The molecular weight excluding hydrogens is 258 g/mol. The fourth-order valence-electron chi connectivity index (χ4n) is 2.17. The first-order chi connectivity index (χ1) is 9.67. The molecule has 1 aliphatic carbocycles. The lowest BCUT2D eigenvalue weighted by atomic mass is 10.1. The number of fused-ring (bicyclic) bond motifs is 1. The molecule has 1 aromatic carbocycles. The van der Waals surface area contributed by atoms with Crippen molar-refractivity contribution in [1.82, 2.24) is 0 Å². The van der Waals surface area contributed by atoms with Gasteiger partial charge in [0.25, 0.3) is 0 Å². The van der Waals surface area contributed by atoms with Crippen LogP contribution in [0.4, 0.5) is 5.69 Å². The zero-order chi connectivity index (χ0) is 14.1. The van der Waals surface area contributed by atoms with Gasteiger partial charge in [0.05, 0.1) is 6.61 Å². The molecule has 2 aromatic rings. The first-order valence-corrected chi connectivity index (χ1v) is 6.54. The Morgan fingerprint density at radius 2 is 2.20 bits per heavy atom. The number of hydrogen-bond acceptors (Lipinski definition) is 4. The Bertz CT molecular complexity index is 715. The molecule has 1 aliphatic rings. The second-order valence-electron chi connectivity index (χ2n) is 5.00. The van der Waals surface area contributed by atoms with E-state index < -0.39 is 5.63 Å². The van der Waals surface area contributed by atoms with E-state index in [2.05, 4.69) is 5.32 Å².